The quantitative estimate of drug-likeness (QED) is 0.349. The molecule has 0 saturated heterocycles. The van der Waals surface area contributed by atoms with Gasteiger partial charge in [-0.25, -0.2) is 8.78 Å². The van der Waals surface area contributed by atoms with Crippen molar-refractivity contribution < 1.29 is 17.6 Å². The third kappa shape index (κ3) is 6.01. The van der Waals surface area contributed by atoms with E-state index in [4.69, 9.17) is 8.85 Å². The zero-order chi connectivity index (χ0) is 28.9. The van der Waals surface area contributed by atoms with Crippen LogP contribution in [0.15, 0.2) is 48.6 Å². The van der Waals surface area contributed by atoms with Gasteiger partial charge in [-0.1, -0.05) is 79.7 Å². The van der Waals surface area contributed by atoms with Crippen molar-refractivity contribution in [2.45, 2.75) is 103 Å². The first-order chi connectivity index (χ1) is 17.2. The van der Waals surface area contributed by atoms with E-state index in [9.17, 15) is 8.78 Å². The van der Waals surface area contributed by atoms with Gasteiger partial charge in [0.15, 0.2) is 0 Å². The first-order valence-electron chi connectivity index (χ1n) is 13.6. The van der Waals surface area contributed by atoms with E-state index in [1.54, 1.807) is 12.1 Å². The summed E-state index contributed by atoms with van der Waals surface area (Å²) in [4.78, 5) is 0. The monoisotopic (exact) mass is 556 g/mol. The summed E-state index contributed by atoms with van der Waals surface area (Å²) in [5.41, 5.74) is 3.20. The van der Waals surface area contributed by atoms with Gasteiger partial charge in [0.05, 0.1) is 11.1 Å². The average molecular weight is 557 g/mol. The zero-order valence-corrected chi connectivity index (χ0v) is 27.4. The van der Waals surface area contributed by atoms with Crippen LogP contribution in [-0.2, 0) is 20.7 Å². The smallest absolute Gasteiger partial charge is 0.250 e. The zero-order valence-electron chi connectivity index (χ0n) is 25.4. The van der Waals surface area contributed by atoms with Gasteiger partial charge in [-0.05, 0) is 78.1 Å². The fraction of sp³-hybridized carbons (Fsp3) is 0.500. The van der Waals surface area contributed by atoms with E-state index >= 15 is 0 Å². The van der Waals surface area contributed by atoms with E-state index in [1.807, 2.05) is 18.2 Å². The van der Waals surface area contributed by atoms with Gasteiger partial charge in [0.2, 0.25) is 16.6 Å². The fourth-order valence-corrected chi connectivity index (χ4v) is 6.20. The van der Waals surface area contributed by atoms with Crippen LogP contribution in [0.1, 0.15) is 77.6 Å². The Bertz CT molecular complexity index is 1260. The van der Waals surface area contributed by atoms with Crippen LogP contribution in [0, 0.1) is 11.6 Å². The van der Waals surface area contributed by atoms with E-state index in [2.05, 4.69) is 87.7 Å². The van der Waals surface area contributed by atoms with Crippen LogP contribution in [0.4, 0.5) is 8.78 Å². The summed E-state index contributed by atoms with van der Waals surface area (Å²) in [6, 6.07) is 10.5. The van der Waals surface area contributed by atoms with Crippen LogP contribution in [-0.4, -0.2) is 16.6 Å². The molecule has 0 aliphatic heterocycles. The highest BCUT2D eigenvalue weighted by Crippen LogP contribution is 2.46. The summed E-state index contributed by atoms with van der Waals surface area (Å²) < 4.78 is 40.8. The highest BCUT2D eigenvalue weighted by atomic mass is 28.4. The van der Waals surface area contributed by atoms with Crippen LogP contribution in [0.5, 0.6) is 0 Å². The number of halogens is 2. The molecule has 4 rings (SSSR count). The normalized spacial score (nSPS) is 16.6. The third-order valence-electron chi connectivity index (χ3n) is 8.64. The van der Waals surface area contributed by atoms with E-state index in [1.165, 1.54) is 12.1 Å². The summed E-state index contributed by atoms with van der Waals surface area (Å²) in [5, 5.41) is 0.230. The summed E-state index contributed by atoms with van der Waals surface area (Å²) in [7, 11) is -3.86. The largest absolute Gasteiger partial charge is 0.543 e. The van der Waals surface area contributed by atoms with Crippen molar-refractivity contribution in [3.8, 4) is 0 Å². The maximum absolute atomic E-state index is 14.3. The molecule has 0 aromatic heterocycles. The van der Waals surface area contributed by atoms with E-state index < -0.39 is 16.6 Å². The Morgan fingerprint density at radius 1 is 0.711 bits per heavy atom. The van der Waals surface area contributed by atoms with E-state index in [0.717, 1.165) is 29.1 Å². The minimum atomic E-state index is -1.96. The second-order valence-corrected chi connectivity index (χ2v) is 23.6. The second-order valence-electron chi connectivity index (χ2n) is 14.2. The van der Waals surface area contributed by atoms with Gasteiger partial charge in [0.25, 0.3) is 0 Å². The number of rotatable bonds is 4. The molecule has 2 aromatic carbocycles. The van der Waals surface area contributed by atoms with Crippen LogP contribution in [0.25, 0.3) is 11.5 Å². The van der Waals surface area contributed by atoms with Crippen LogP contribution in [0.2, 0.25) is 36.3 Å². The van der Waals surface area contributed by atoms with Gasteiger partial charge < -0.3 is 8.85 Å². The standard InChI is InChI=1S/C17H25FOSi.C15H21FOSi/c1-16(2,3)20(6,7)19-14-11-17(4,5)12-9-8-10-13(18)15(12)14;1-15(2,3)18(4,5)17-13-10-9-11-7-6-8-12(16)14(11)13/h8-11H,1-7H3;6-8,10H,9H2,1-5H3. The van der Waals surface area contributed by atoms with Crippen molar-refractivity contribution in [1.82, 2.24) is 0 Å². The highest BCUT2D eigenvalue weighted by molar-refractivity contribution is 6.75. The van der Waals surface area contributed by atoms with Crippen LogP contribution in [0.3, 0.4) is 0 Å². The van der Waals surface area contributed by atoms with Gasteiger partial charge >= 0.3 is 0 Å². The number of benzene rings is 2. The topological polar surface area (TPSA) is 18.5 Å². The molecular formula is C32H46F2O2Si2. The van der Waals surface area contributed by atoms with Gasteiger partial charge in [-0.2, -0.15) is 0 Å². The minimum Gasteiger partial charge on any atom is -0.543 e. The molecular weight excluding hydrogens is 511 g/mol. The molecule has 0 bridgehead atoms. The van der Waals surface area contributed by atoms with Crippen LogP contribution < -0.4 is 0 Å². The predicted molar refractivity (Wildman–Crippen MR) is 162 cm³/mol. The lowest BCUT2D eigenvalue weighted by Crippen LogP contribution is -2.40. The lowest BCUT2D eigenvalue weighted by molar-refractivity contribution is 0.453. The minimum absolute atomic E-state index is 0.103. The molecule has 2 nitrogen and oxygen atoms in total. The Morgan fingerprint density at radius 2 is 1.18 bits per heavy atom. The number of fused-ring (bicyclic) bond motifs is 2. The Kier molecular flexibility index (Phi) is 8.06. The highest BCUT2D eigenvalue weighted by Gasteiger charge is 2.43. The first kappa shape index (κ1) is 30.4. The lowest BCUT2D eigenvalue weighted by atomic mass is 9.87. The Morgan fingerprint density at radius 3 is 1.71 bits per heavy atom. The van der Waals surface area contributed by atoms with Gasteiger partial charge in [-0.15, -0.1) is 0 Å². The van der Waals surface area contributed by atoms with E-state index in [0.29, 0.717) is 11.1 Å². The Hall–Kier alpha value is -2.19. The Balaban J connectivity index is 0.000000212. The molecule has 2 aliphatic carbocycles. The SMILES string of the molecule is CC(C)(C)[Si](C)(C)OC1=CCc2cccc(F)c21.CC1(C)C=C(O[Si](C)(C)C(C)(C)C)c2c(F)cccc21. The molecule has 0 heterocycles. The molecule has 2 aliphatic rings. The first-order valence-corrected chi connectivity index (χ1v) is 19.4. The molecule has 0 radical (unpaired) electrons. The number of allylic oxidation sites excluding steroid dienone is 2. The van der Waals surface area contributed by atoms with Crippen molar-refractivity contribution >= 4 is 28.2 Å². The van der Waals surface area contributed by atoms with Crippen LogP contribution >= 0.6 is 0 Å². The Labute approximate surface area is 231 Å². The molecule has 2 aromatic rings. The molecule has 0 fully saturated rings. The molecule has 6 heteroatoms. The molecule has 0 atom stereocenters. The lowest BCUT2D eigenvalue weighted by Gasteiger charge is -2.37. The molecule has 0 N–H and O–H groups in total. The van der Waals surface area contributed by atoms with Crippen molar-refractivity contribution in [3.05, 3.63) is 82.4 Å². The number of hydrogen-bond donors (Lipinski definition) is 0. The molecule has 0 spiro atoms. The molecule has 0 unspecified atom stereocenters. The fourth-order valence-electron chi connectivity index (χ4n) is 4.14. The summed E-state index contributed by atoms with van der Waals surface area (Å²) in [6.07, 6.45) is 4.85. The average Bonchev–Trinajstić information content (AvgIpc) is 3.26. The summed E-state index contributed by atoms with van der Waals surface area (Å²) in [6.45, 7) is 26.1. The van der Waals surface area contributed by atoms with Gasteiger partial charge in [0, 0.05) is 5.41 Å². The maximum Gasteiger partial charge on any atom is 0.250 e. The van der Waals surface area contributed by atoms with Gasteiger partial charge in [-0.3, -0.25) is 0 Å². The molecule has 38 heavy (non-hydrogen) atoms. The van der Waals surface area contributed by atoms with Crippen molar-refractivity contribution in [3.63, 3.8) is 0 Å². The second kappa shape index (κ2) is 10.1. The van der Waals surface area contributed by atoms with Crippen molar-refractivity contribution in [1.29, 1.82) is 0 Å². The third-order valence-corrected chi connectivity index (χ3v) is 17.3. The predicted octanol–water partition coefficient (Wildman–Crippen LogP) is 10.2. The molecule has 0 amide bonds. The van der Waals surface area contributed by atoms with Crippen molar-refractivity contribution in [2.24, 2.45) is 0 Å². The van der Waals surface area contributed by atoms with E-state index in [-0.39, 0.29) is 27.1 Å². The van der Waals surface area contributed by atoms with Crippen molar-refractivity contribution in [2.75, 3.05) is 0 Å². The summed E-state index contributed by atoms with van der Waals surface area (Å²) in [5.74, 6) is 1.12. The number of hydrogen-bond acceptors (Lipinski definition) is 2. The maximum atomic E-state index is 14.3. The van der Waals surface area contributed by atoms with Gasteiger partial charge in [0.1, 0.15) is 23.2 Å². The molecule has 0 saturated carbocycles. The molecule has 208 valence electrons. The summed E-state index contributed by atoms with van der Waals surface area (Å²) >= 11 is 0.